The lowest BCUT2D eigenvalue weighted by Gasteiger charge is -2.07. The Kier molecular flexibility index (Phi) is 3.75. The average molecular weight is 299 g/mol. The van der Waals surface area contributed by atoms with Gasteiger partial charge in [-0.25, -0.2) is 4.99 Å². The Morgan fingerprint density at radius 1 is 1.26 bits per heavy atom. The van der Waals surface area contributed by atoms with E-state index in [4.69, 9.17) is 17.3 Å². The molecule has 0 bridgehead atoms. The molecule has 2 rings (SSSR count). The molecule has 0 spiro atoms. The predicted molar refractivity (Wildman–Crippen MR) is 75.8 cm³/mol. The summed E-state index contributed by atoms with van der Waals surface area (Å²) < 4.78 is 32.1. The zero-order valence-corrected chi connectivity index (χ0v) is 11.3. The molecule has 0 aliphatic carbocycles. The van der Waals surface area contributed by atoms with Gasteiger partial charge < -0.3 is 5.73 Å². The molecule has 5 nitrogen and oxygen atoms in total. The number of fused-ring (bicyclic) bond motifs is 1. The fourth-order valence-electron chi connectivity index (χ4n) is 1.78. The van der Waals surface area contributed by atoms with Crippen molar-refractivity contribution in [3.63, 3.8) is 0 Å². The molecule has 0 amide bonds. The summed E-state index contributed by atoms with van der Waals surface area (Å²) in [6, 6.07) is 9.63. The first-order valence-electron chi connectivity index (χ1n) is 5.31. The van der Waals surface area contributed by atoms with Gasteiger partial charge in [0.1, 0.15) is 10.7 Å². The third kappa shape index (κ3) is 2.86. The van der Waals surface area contributed by atoms with Crippen LogP contribution in [0, 0.1) is 0 Å². The molecule has 3 N–H and O–H groups in total. The molecule has 0 radical (unpaired) electrons. The number of rotatable bonds is 3. The maximum atomic E-state index is 11.4. The van der Waals surface area contributed by atoms with Crippen molar-refractivity contribution < 1.29 is 13.0 Å². The standard InChI is InChI=1S/C12H11ClN2O3S/c13-7-11(14)15-9-5-1-3-8-4-2-6-10(12(8)9)19(16,17)18/h1-6H,7H2,(H2,14,15)(H,16,17,18). The molecule has 0 heterocycles. The van der Waals surface area contributed by atoms with Crippen molar-refractivity contribution in [3.8, 4) is 0 Å². The molecule has 0 atom stereocenters. The van der Waals surface area contributed by atoms with Crippen LogP contribution in [0.3, 0.4) is 0 Å². The van der Waals surface area contributed by atoms with Gasteiger partial charge in [0.2, 0.25) is 0 Å². The maximum Gasteiger partial charge on any atom is 0.295 e. The minimum absolute atomic E-state index is 0.0322. The van der Waals surface area contributed by atoms with Crippen molar-refractivity contribution in [1.82, 2.24) is 0 Å². The van der Waals surface area contributed by atoms with E-state index in [0.29, 0.717) is 16.5 Å². The van der Waals surface area contributed by atoms with Gasteiger partial charge in [-0.2, -0.15) is 8.42 Å². The topological polar surface area (TPSA) is 92.8 Å². The minimum Gasteiger partial charge on any atom is -0.386 e. The summed E-state index contributed by atoms with van der Waals surface area (Å²) in [5, 5.41) is 0.958. The van der Waals surface area contributed by atoms with E-state index in [1.807, 2.05) is 0 Å². The third-order valence-corrected chi connectivity index (χ3v) is 3.69. The Labute approximate surface area is 115 Å². The molecule has 0 saturated heterocycles. The number of benzene rings is 2. The van der Waals surface area contributed by atoms with Crippen molar-refractivity contribution in [2.24, 2.45) is 10.7 Å². The fraction of sp³-hybridized carbons (Fsp3) is 0.0833. The van der Waals surface area contributed by atoms with Crippen molar-refractivity contribution in [3.05, 3.63) is 36.4 Å². The van der Waals surface area contributed by atoms with Crippen LogP contribution >= 0.6 is 11.6 Å². The Balaban J connectivity index is 2.87. The maximum absolute atomic E-state index is 11.4. The molecule has 0 saturated carbocycles. The van der Waals surface area contributed by atoms with E-state index in [9.17, 15) is 13.0 Å². The number of aliphatic imine (C=N–C) groups is 1. The van der Waals surface area contributed by atoms with E-state index in [0.717, 1.165) is 0 Å². The first-order chi connectivity index (χ1) is 8.93. The molecule has 2 aromatic rings. The molecular weight excluding hydrogens is 288 g/mol. The number of hydrogen-bond acceptors (Lipinski definition) is 3. The molecule has 7 heteroatoms. The van der Waals surface area contributed by atoms with E-state index in [-0.39, 0.29) is 16.6 Å². The third-order valence-electron chi connectivity index (χ3n) is 2.52. The lowest BCUT2D eigenvalue weighted by molar-refractivity contribution is 0.484. The van der Waals surface area contributed by atoms with Crippen molar-refractivity contribution in [2.45, 2.75) is 4.90 Å². The molecule has 0 aliphatic heterocycles. The normalized spacial score (nSPS) is 12.8. The molecule has 100 valence electrons. The number of nitrogens with zero attached hydrogens (tertiary/aromatic N) is 1. The summed E-state index contributed by atoms with van der Waals surface area (Å²) in [5.74, 6) is 0.198. The monoisotopic (exact) mass is 298 g/mol. The number of hydrogen-bond donors (Lipinski definition) is 2. The van der Waals surface area contributed by atoms with E-state index < -0.39 is 10.1 Å². The number of nitrogens with two attached hydrogens (primary N) is 1. The molecule has 0 aromatic heterocycles. The van der Waals surface area contributed by atoms with Crippen LogP contribution < -0.4 is 5.73 Å². The molecule has 0 unspecified atom stereocenters. The first-order valence-corrected chi connectivity index (χ1v) is 7.29. The van der Waals surface area contributed by atoms with Crippen LogP contribution in [0.4, 0.5) is 5.69 Å². The lowest BCUT2D eigenvalue weighted by Crippen LogP contribution is -2.12. The summed E-state index contributed by atoms with van der Waals surface area (Å²) in [4.78, 5) is 3.86. The molecular formula is C12H11ClN2O3S. The Morgan fingerprint density at radius 3 is 2.47 bits per heavy atom. The quantitative estimate of drug-likeness (QED) is 0.393. The van der Waals surface area contributed by atoms with Crippen molar-refractivity contribution in [1.29, 1.82) is 0 Å². The van der Waals surface area contributed by atoms with Crippen molar-refractivity contribution >= 4 is 44.0 Å². The van der Waals surface area contributed by atoms with E-state index in [1.165, 1.54) is 6.07 Å². The predicted octanol–water partition coefficient (Wildman–Crippen LogP) is 2.31. The molecule has 19 heavy (non-hydrogen) atoms. The van der Waals surface area contributed by atoms with Crippen LogP contribution in [0.25, 0.3) is 10.8 Å². The summed E-state index contributed by atoms with van der Waals surface area (Å²) in [6.45, 7) is 0. The summed E-state index contributed by atoms with van der Waals surface area (Å²) in [7, 11) is -4.34. The van der Waals surface area contributed by atoms with Crippen LogP contribution in [-0.4, -0.2) is 24.7 Å². The zero-order chi connectivity index (χ0) is 14.0. The SMILES string of the molecule is NC(CCl)=Nc1cccc2cccc(S(=O)(=O)O)c12. The van der Waals surface area contributed by atoms with Crippen molar-refractivity contribution in [2.75, 3.05) is 5.88 Å². The number of halogens is 1. The molecule has 2 aromatic carbocycles. The second-order valence-corrected chi connectivity index (χ2v) is 5.50. The van der Waals surface area contributed by atoms with Gasteiger partial charge >= 0.3 is 0 Å². The highest BCUT2D eigenvalue weighted by molar-refractivity contribution is 7.86. The van der Waals surface area contributed by atoms with Crippen LogP contribution in [0.2, 0.25) is 0 Å². The van der Waals surface area contributed by atoms with Crippen LogP contribution in [0.5, 0.6) is 0 Å². The number of alkyl halides is 1. The second-order valence-electron chi connectivity index (χ2n) is 3.84. The number of amidine groups is 1. The van der Waals surface area contributed by atoms with E-state index in [2.05, 4.69) is 4.99 Å². The highest BCUT2D eigenvalue weighted by atomic mass is 35.5. The van der Waals surface area contributed by atoms with E-state index >= 15 is 0 Å². The average Bonchev–Trinajstić information content (AvgIpc) is 2.37. The summed E-state index contributed by atoms with van der Waals surface area (Å²) in [6.07, 6.45) is 0. The smallest absolute Gasteiger partial charge is 0.295 e. The van der Waals surface area contributed by atoms with Gasteiger partial charge in [-0.1, -0.05) is 24.3 Å². The largest absolute Gasteiger partial charge is 0.386 e. The van der Waals surface area contributed by atoms with Gasteiger partial charge in [0.25, 0.3) is 10.1 Å². The second kappa shape index (κ2) is 5.16. The van der Waals surface area contributed by atoms with Crippen LogP contribution in [0.1, 0.15) is 0 Å². The highest BCUT2D eigenvalue weighted by Gasteiger charge is 2.16. The van der Waals surface area contributed by atoms with E-state index in [1.54, 1.807) is 30.3 Å². The highest BCUT2D eigenvalue weighted by Crippen LogP contribution is 2.31. The molecule has 0 aliphatic rings. The van der Waals surface area contributed by atoms with Gasteiger partial charge in [0, 0.05) is 5.39 Å². The van der Waals surface area contributed by atoms with Gasteiger partial charge in [-0.3, -0.25) is 4.55 Å². The fourth-order valence-corrected chi connectivity index (χ4v) is 2.57. The minimum atomic E-state index is -4.34. The van der Waals surface area contributed by atoms with Crippen LogP contribution in [-0.2, 0) is 10.1 Å². The van der Waals surface area contributed by atoms with Gasteiger partial charge in [-0.15, -0.1) is 11.6 Å². The van der Waals surface area contributed by atoms with Crippen LogP contribution in [0.15, 0.2) is 46.3 Å². The zero-order valence-electron chi connectivity index (χ0n) is 9.75. The Hall–Kier alpha value is -1.63. The summed E-state index contributed by atoms with van der Waals surface area (Å²) in [5.41, 5.74) is 5.91. The molecule has 0 fully saturated rings. The van der Waals surface area contributed by atoms with Gasteiger partial charge in [0.15, 0.2) is 0 Å². The summed E-state index contributed by atoms with van der Waals surface area (Å²) >= 11 is 5.56. The Bertz CT molecular complexity index is 751. The lowest BCUT2D eigenvalue weighted by atomic mass is 10.1. The first kappa shape index (κ1) is 13.8. The van der Waals surface area contributed by atoms with Gasteiger partial charge in [0.05, 0.1) is 11.6 Å². The van der Waals surface area contributed by atoms with Gasteiger partial charge in [-0.05, 0) is 17.5 Å². The Morgan fingerprint density at radius 2 is 1.89 bits per heavy atom.